The van der Waals surface area contributed by atoms with Crippen molar-refractivity contribution in [3.05, 3.63) is 44.3 Å². The minimum atomic E-state index is -0.930. The largest absolute Gasteiger partial charge is 0.493 e. The minimum Gasteiger partial charge on any atom is -0.493 e. The lowest BCUT2D eigenvalue weighted by molar-refractivity contribution is -0.119. The Hall–Kier alpha value is -2.24. The standard InChI is InChI=1S/C25H30INO7/c1-13(28)27-19-6-5-14-9-21(30-2)24(31-3)25(32-4)22(14)17-10-18(26)23(29)20(11-16(17)19)34-15-7-8-33-12-15/h9-11,15,19,23,29H,5-8,12H2,1-4H3,(H,27,28)/t15-,19+,23-/m1/s1. The van der Waals surface area contributed by atoms with Crippen molar-refractivity contribution in [2.45, 2.75) is 44.4 Å². The van der Waals surface area contributed by atoms with Gasteiger partial charge in [-0.15, -0.1) is 0 Å². The number of benzene rings is 1. The van der Waals surface area contributed by atoms with E-state index in [1.807, 2.05) is 18.2 Å². The quantitative estimate of drug-likeness (QED) is 0.497. The van der Waals surface area contributed by atoms with Gasteiger partial charge < -0.3 is 34.1 Å². The van der Waals surface area contributed by atoms with E-state index < -0.39 is 6.10 Å². The van der Waals surface area contributed by atoms with Gasteiger partial charge in [-0.1, -0.05) is 0 Å². The number of fused-ring (bicyclic) bond motifs is 2. The van der Waals surface area contributed by atoms with Crippen LogP contribution in [0.3, 0.4) is 0 Å². The number of aliphatic hydroxyl groups is 1. The van der Waals surface area contributed by atoms with E-state index in [-0.39, 0.29) is 18.1 Å². The summed E-state index contributed by atoms with van der Waals surface area (Å²) in [7, 11) is 4.76. The van der Waals surface area contributed by atoms with Gasteiger partial charge in [-0.25, -0.2) is 0 Å². The molecule has 3 atom stereocenters. The maximum atomic E-state index is 12.1. The Morgan fingerprint density at radius 1 is 1.15 bits per heavy atom. The molecule has 8 nitrogen and oxygen atoms in total. The van der Waals surface area contributed by atoms with E-state index in [9.17, 15) is 9.90 Å². The second-order valence-electron chi connectivity index (χ2n) is 8.42. The molecule has 2 N–H and O–H groups in total. The molecule has 0 aromatic heterocycles. The molecule has 1 aromatic carbocycles. The lowest BCUT2D eigenvalue weighted by Crippen LogP contribution is -2.34. The fourth-order valence-corrected chi connectivity index (χ4v) is 5.32. The van der Waals surface area contributed by atoms with E-state index in [1.54, 1.807) is 21.3 Å². The molecular weight excluding hydrogens is 553 g/mol. The van der Waals surface area contributed by atoms with Crippen molar-refractivity contribution < 1.29 is 33.6 Å². The summed E-state index contributed by atoms with van der Waals surface area (Å²) in [5, 5.41) is 14.2. The molecule has 1 aromatic rings. The molecule has 34 heavy (non-hydrogen) atoms. The smallest absolute Gasteiger partial charge is 0.217 e. The SMILES string of the molecule is COc1cc2c(c(OC)c1OC)C1=C(C=C(O[C@@H]3CCOC3)[C@H](O)C(I)=C1)[C@@H](NC(C)=O)CC2. The van der Waals surface area contributed by atoms with Crippen LogP contribution in [0.2, 0.25) is 0 Å². The predicted molar refractivity (Wildman–Crippen MR) is 135 cm³/mol. The maximum Gasteiger partial charge on any atom is 0.217 e. The first kappa shape index (κ1) is 24.9. The molecule has 184 valence electrons. The monoisotopic (exact) mass is 583 g/mol. The fraction of sp³-hybridized carbons (Fsp3) is 0.480. The highest BCUT2D eigenvalue weighted by Gasteiger charge is 2.34. The van der Waals surface area contributed by atoms with Crippen molar-refractivity contribution in [3.63, 3.8) is 0 Å². The number of carbonyl (C=O) groups is 1. The van der Waals surface area contributed by atoms with Gasteiger partial charge in [0.15, 0.2) is 11.5 Å². The second kappa shape index (κ2) is 10.6. The van der Waals surface area contributed by atoms with Crippen LogP contribution in [0.5, 0.6) is 17.2 Å². The first-order valence-corrected chi connectivity index (χ1v) is 12.3. The summed E-state index contributed by atoms with van der Waals surface area (Å²) in [6, 6.07) is 1.67. The number of hydrogen-bond acceptors (Lipinski definition) is 7. The molecule has 9 heteroatoms. The molecule has 0 bridgehead atoms. The van der Waals surface area contributed by atoms with Gasteiger partial charge in [-0.2, -0.15) is 0 Å². The molecule has 0 unspecified atom stereocenters. The van der Waals surface area contributed by atoms with Gasteiger partial charge >= 0.3 is 0 Å². The van der Waals surface area contributed by atoms with Crippen LogP contribution in [0.4, 0.5) is 0 Å². The molecule has 1 fully saturated rings. The normalized spacial score (nSPS) is 24.1. The van der Waals surface area contributed by atoms with Crippen LogP contribution in [-0.2, 0) is 20.7 Å². The Bertz CT molecular complexity index is 1060. The van der Waals surface area contributed by atoms with Crippen molar-refractivity contribution in [3.8, 4) is 17.2 Å². The summed E-state index contributed by atoms with van der Waals surface area (Å²) >= 11 is 2.14. The van der Waals surface area contributed by atoms with Crippen LogP contribution in [0.15, 0.2) is 33.1 Å². The molecule has 1 saturated heterocycles. The highest BCUT2D eigenvalue weighted by Crippen LogP contribution is 2.49. The van der Waals surface area contributed by atoms with Crippen LogP contribution < -0.4 is 19.5 Å². The van der Waals surface area contributed by atoms with Crippen LogP contribution in [0.25, 0.3) is 5.57 Å². The molecule has 0 spiro atoms. The average molecular weight is 583 g/mol. The highest BCUT2D eigenvalue weighted by atomic mass is 127. The Balaban J connectivity index is 1.97. The Labute approximate surface area is 213 Å². The zero-order valence-corrected chi connectivity index (χ0v) is 21.9. The Morgan fingerprint density at radius 2 is 1.91 bits per heavy atom. The maximum absolute atomic E-state index is 12.1. The minimum absolute atomic E-state index is 0.122. The average Bonchev–Trinajstić information content (AvgIpc) is 3.25. The predicted octanol–water partition coefficient (Wildman–Crippen LogP) is 3.30. The van der Waals surface area contributed by atoms with Crippen molar-refractivity contribution in [2.24, 2.45) is 0 Å². The van der Waals surface area contributed by atoms with E-state index in [0.717, 1.165) is 28.7 Å². The number of halogens is 1. The number of aryl methyl sites for hydroxylation is 1. The second-order valence-corrected chi connectivity index (χ2v) is 9.67. The number of amides is 1. The van der Waals surface area contributed by atoms with Gasteiger partial charge in [0.25, 0.3) is 0 Å². The topological polar surface area (TPSA) is 95.5 Å². The first-order valence-electron chi connectivity index (χ1n) is 11.2. The lowest BCUT2D eigenvalue weighted by atomic mass is 9.93. The van der Waals surface area contributed by atoms with E-state index in [2.05, 4.69) is 27.9 Å². The first-order chi connectivity index (χ1) is 16.4. The molecule has 4 rings (SSSR count). The summed E-state index contributed by atoms with van der Waals surface area (Å²) in [5.74, 6) is 1.93. The fourth-order valence-electron chi connectivity index (χ4n) is 4.70. The lowest BCUT2D eigenvalue weighted by Gasteiger charge is -2.22. The molecule has 0 saturated carbocycles. The van der Waals surface area contributed by atoms with Gasteiger partial charge in [0.1, 0.15) is 18.0 Å². The number of hydrogen-bond donors (Lipinski definition) is 2. The molecule has 0 radical (unpaired) electrons. The number of rotatable bonds is 6. The van der Waals surface area contributed by atoms with Crippen molar-refractivity contribution in [1.29, 1.82) is 0 Å². The molecule has 3 aliphatic rings. The van der Waals surface area contributed by atoms with Gasteiger partial charge in [0.05, 0.1) is 40.6 Å². The summed E-state index contributed by atoms with van der Waals surface area (Å²) in [4.78, 5) is 12.1. The third-order valence-electron chi connectivity index (χ3n) is 6.25. The van der Waals surface area contributed by atoms with Crippen LogP contribution >= 0.6 is 22.6 Å². The summed E-state index contributed by atoms with van der Waals surface area (Å²) < 4.78 is 29.4. The molecule has 1 heterocycles. The summed E-state index contributed by atoms with van der Waals surface area (Å²) in [5.41, 5.74) is 3.55. The molecule has 1 aliphatic heterocycles. The van der Waals surface area contributed by atoms with E-state index in [0.29, 0.717) is 52.6 Å². The third-order valence-corrected chi connectivity index (χ3v) is 7.15. The highest BCUT2D eigenvalue weighted by molar-refractivity contribution is 14.1. The summed E-state index contributed by atoms with van der Waals surface area (Å²) in [6.45, 7) is 2.63. The number of methoxy groups -OCH3 is 3. The zero-order chi connectivity index (χ0) is 24.4. The van der Waals surface area contributed by atoms with Crippen molar-refractivity contribution >= 4 is 34.1 Å². The van der Waals surface area contributed by atoms with Gasteiger partial charge in [0, 0.05) is 22.5 Å². The molecular formula is C25H30INO7. The van der Waals surface area contributed by atoms with E-state index in [1.165, 1.54) is 6.92 Å². The van der Waals surface area contributed by atoms with Gasteiger partial charge in [-0.3, -0.25) is 4.79 Å². The third kappa shape index (κ3) is 4.78. The van der Waals surface area contributed by atoms with Gasteiger partial charge in [-0.05, 0) is 70.4 Å². The number of ether oxygens (including phenoxy) is 5. The van der Waals surface area contributed by atoms with Crippen LogP contribution in [-0.4, -0.2) is 63.8 Å². The number of allylic oxidation sites excluding steroid dienone is 2. The Kier molecular flexibility index (Phi) is 7.73. The van der Waals surface area contributed by atoms with Gasteiger partial charge in [0.2, 0.25) is 11.7 Å². The van der Waals surface area contributed by atoms with E-state index in [4.69, 9.17) is 23.7 Å². The number of nitrogens with one attached hydrogen (secondary N) is 1. The molecule has 2 aliphatic carbocycles. The summed E-state index contributed by atoms with van der Waals surface area (Å²) in [6.07, 6.45) is 4.85. The van der Waals surface area contributed by atoms with Crippen LogP contribution in [0.1, 0.15) is 30.9 Å². The zero-order valence-electron chi connectivity index (χ0n) is 19.8. The number of aliphatic hydroxyl groups excluding tert-OH is 1. The van der Waals surface area contributed by atoms with E-state index >= 15 is 0 Å². The number of carbonyl (C=O) groups excluding carboxylic acids is 1. The van der Waals surface area contributed by atoms with Crippen molar-refractivity contribution in [1.82, 2.24) is 5.32 Å². The molecule has 1 amide bonds. The van der Waals surface area contributed by atoms with Crippen LogP contribution in [0, 0.1) is 0 Å². The Morgan fingerprint density at radius 3 is 2.53 bits per heavy atom. The van der Waals surface area contributed by atoms with Crippen molar-refractivity contribution in [2.75, 3.05) is 34.5 Å².